The zero-order valence-corrected chi connectivity index (χ0v) is 9.37. The zero-order chi connectivity index (χ0) is 8.20. The molecule has 1 atom stereocenters. The van der Waals surface area contributed by atoms with Crippen molar-refractivity contribution >= 4 is 16.7 Å². The number of rotatable bonds is 4. The molecule has 0 saturated carbocycles. The van der Waals surface area contributed by atoms with Gasteiger partial charge in [-0.1, -0.05) is 0 Å². The van der Waals surface area contributed by atoms with E-state index in [1.165, 1.54) is 0 Å². The molecule has 0 N–H and O–H groups in total. The first-order chi connectivity index (χ1) is 4.45. The Kier molecular flexibility index (Phi) is 4.70. The summed E-state index contributed by atoms with van der Waals surface area (Å²) in [4.78, 5) is 0. The van der Waals surface area contributed by atoms with Gasteiger partial charge in [0, 0.05) is 6.66 Å². The molecule has 0 aromatic heterocycles. The van der Waals surface area contributed by atoms with Crippen molar-refractivity contribution in [1.82, 2.24) is 0 Å². The predicted octanol–water partition coefficient (Wildman–Crippen LogP) is 2.82. The topological polar surface area (TPSA) is 18.5 Å². The highest BCUT2D eigenvalue weighted by Gasteiger charge is 2.18. The van der Waals surface area contributed by atoms with Crippen molar-refractivity contribution in [1.29, 1.82) is 0 Å². The van der Waals surface area contributed by atoms with Crippen LogP contribution in [-0.4, -0.2) is 21.6 Å². The van der Waals surface area contributed by atoms with E-state index in [9.17, 15) is 0 Å². The summed E-state index contributed by atoms with van der Waals surface area (Å²) < 4.78 is 11.0. The fourth-order valence-electron chi connectivity index (χ4n) is 0.594. The van der Waals surface area contributed by atoms with E-state index in [1.54, 1.807) is 0 Å². The molecule has 62 valence electrons. The molecule has 0 aromatic rings. The normalized spacial score (nSPS) is 15.3. The highest BCUT2D eigenvalue weighted by atomic mass is 31.2. The first-order valence-corrected chi connectivity index (χ1v) is 8.55. The molecule has 0 fully saturated rings. The minimum atomic E-state index is -1.35. The van der Waals surface area contributed by atoms with Crippen LogP contribution in [0.5, 0.6) is 0 Å². The van der Waals surface area contributed by atoms with Gasteiger partial charge < -0.3 is 8.74 Å². The lowest BCUT2D eigenvalue weighted by Crippen LogP contribution is -2.22. The van der Waals surface area contributed by atoms with Crippen molar-refractivity contribution < 1.29 is 8.74 Å². The quantitative estimate of drug-likeness (QED) is 0.489. The molecule has 0 aliphatic carbocycles. The van der Waals surface area contributed by atoms with Crippen LogP contribution < -0.4 is 0 Å². The lowest BCUT2D eigenvalue weighted by molar-refractivity contribution is 0.337. The Morgan fingerprint density at radius 2 is 1.80 bits per heavy atom. The van der Waals surface area contributed by atoms with Crippen LogP contribution in [0.15, 0.2) is 0 Å². The molecule has 4 heteroatoms. The van der Waals surface area contributed by atoms with Gasteiger partial charge >= 0.3 is 0 Å². The molecule has 0 bridgehead atoms. The lowest BCUT2D eigenvalue weighted by Gasteiger charge is -2.21. The SMILES string of the molecule is CCOP(C)O[Si](C)(C)C. The Balaban J connectivity index is 3.47. The summed E-state index contributed by atoms with van der Waals surface area (Å²) in [6, 6.07) is 0. The van der Waals surface area contributed by atoms with Gasteiger partial charge in [-0.2, -0.15) is 0 Å². The van der Waals surface area contributed by atoms with Crippen molar-refractivity contribution in [2.24, 2.45) is 0 Å². The molecule has 0 radical (unpaired) electrons. The third-order valence-corrected chi connectivity index (χ3v) is 4.55. The maximum Gasteiger partial charge on any atom is 0.191 e. The third-order valence-electron chi connectivity index (χ3n) is 0.713. The zero-order valence-electron chi connectivity index (χ0n) is 7.47. The van der Waals surface area contributed by atoms with Gasteiger partial charge in [-0.15, -0.1) is 0 Å². The molecule has 10 heavy (non-hydrogen) atoms. The Morgan fingerprint density at radius 3 is 2.10 bits per heavy atom. The smallest absolute Gasteiger partial charge is 0.191 e. The average Bonchev–Trinajstić information content (AvgIpc) is 1.59. The van der Waals surface area contributed by atoms with Gasteiger partial charge in [-0.3, -0.25) is 0 Å². The second-order valence-corrected chi connectivity index (χ2v) is 9.15. The third kappa shape index (κ3) is 6.68. The van der Waals surface area contributed by atoms with Gasteiger partial charge in [0.2, 0.25) is 0 Å². The molecule has 1 unspecified atom stereocenters. The van der Waals surface area contributed by atoms with Crippen LogP contribution in [0.25, 0.3) is 0 Å². The fourth-order valence-corrected chi connectivity index (χ4v) is 4.25. The van der Waals surface area contributed by atoms with Crippen LogP contribution in [0.1, 0.15) is 6.92 Å². The monoisotopic (exact) mass is 180 g/mol. The maximum atomic E-state index is 5.66. The lowest BCUT2D eigenvalue weighted by atomic mass is 10.9. The van der Waals surface area contributed by atoms with E-state index in [0.717, 1.165) is 6.61 Å². The molecular formula is C6H17O2PSi. The summed E-state index contributed by atoms with van der Waals surface area (Å²) in [7, 11) is -1.96. The van der Waals surface area contributed by atoms with Gasteiger partial charge in [-0.25, -0.2) is 0 Å². The molecule has 2 nitrogen and oxygen atoms in total. The predicted molar refractivity (Wildman–Crippen MR) is 48.9 cm³/mol. The van der Waals surface area contributed by atoms with Crippen LogP contribution in [-0.2, 0) is 8.74 Å². The van der Waals surface area contributed by atoms with Gasteiger partial charge in [0.1, 0.15) is 0 Å². The van der Waals surface area contributed by atoms with E-state index >= 15 is 0 Å². The van der Waals surface area contributed by atoms with Gasteiger partial charge in [-0.05, 0) is 26.6 Å². The van der Waals surface area contributed by atoms with Crippen LogP contribution in [0.2, 0.25) is 19.6 Å². The molecule has 0 saturated heterocycles. The summed E-state index contributed by atoms with van der Waals surface area (Å²) in [5.41, 5.74) is 0. The first-order valence-electron chi connectivity index (χ1n) is 3.51. The van der Waals surface area contributed by atoms with Crippen LogP contribution in [0.4, 0.5) is 0 Å². The van der Waals surface area contributed by atoms with Crippen molar-refractivity contribution in [3.05, 3.63) is 0 Å². The summed E-state index contributed by atoms with van der Waals surface area (Å²) in [6.45, 7) is 11.3. The molecule has 0 aliphatic rings. The van der Waals surface area contributed by atoms with Crippen molar-refractivity contribution in [3.63, 3.8) is 0 Å². The standard InChI is InChI=1S/C6H17O2PSi/c1-6-7-9(2)8-10(3,4)5/h6H2,1-5H3. The van der Waals surface area contributed by atoms with Crippen molar-refractivity contribution in [2.45, 2.75) is 26.6 Å². The van der Waals surface area contributed by atoms with E-state index in [2.05, 4.69) is 19.6 Å². The van der Waals surface area contributed by atoms with E-state index < -0.39 is 16.7 Å². The van der Waals surface area contributed by atoms with Crippen LogP contribution in [0.3, 0.4) is 0 Å². The maximum absolute atomic E-state index is 5.66. The van der Waals surface area contributed by atoms with Gasteiger partial charge in [0.15, 0.2) is 16.7 Å². The second-order valence-electron chi connectivity index (χ2n) is 3.06. The molecule has 0 amide bonds. The summed E-state index contributed by atoms with van der Waals surface area (Å²) in [5, 5.41) is 0. The molecule has 0 rings (SSSR count). The highest BCUT2D eigenvalue weighted by Crippen LogP contribution is 2.36. The van der Waals surface area contributed by atoms with E-state index in [0.29, 0.717) is 0 Å². The Bertz CT molecular complexity index is 92.2. The largest absolute Gasteiger partial charge is 0.376 e. The van der Waals surface area contributed by atoms with Crippen LogP contribution in [0, 0.1) is 0 Å². The van der Waals surface area contributed by atoms with E-state index in [4.69, 9.17) is 8.74 Å². The van der Waals surface area contributed by atoms with Crippen molar-refractivity contribution in [3.8, 4) is 0 Å². The summed E-state index contributed by atoms with van der Waals surface area (Å²) >= 11 is 0. The second kappa shape index (κ2) is 4.45. The van der Waals surface area contributed by atoms with Gasteiger partial charge in [0.25, 0.3) is 0 Å². The first kappa shape index (κ1) is 10.6. The summed E-state index contributed by atoms with van der Waals surface area (Å²) in [6.07, 6.45) is 0. The Labute approximate surface area is 66.0 Å². The Morgan fingerprint density at radius 1 is 1.30 bits per heavy atom. The van der Waals surface area contributed by atoms with E-state index in [1.807, 2.05) is 13.6 Å². The number of hydrogen-bond acceptors (Lipinski definition) is 2. The van der Waals surface area contributed by atoms with E-state index in [-0.39, 0.29) is 0 Å². The molecule has 0 spiro atoms. The van der Waals surface area contributed by atoms with Crippen molar-refractivity contribution in [2.75, 3.05) is 13.3 Å². The van der Waals surface area contributed by atoms with Gasteiger partial charge in [0.05, 0.1) is 6.61 Å². The highest BCUT2D eigenvalue weighted by molar-refractivity contribution is 7.48. The molecule has 0 aromatic carbocycles. The molecule has 0 aliphatic heterocycles. The molecular weight excluding hydrogens is 163 g/mol. The number of hydrogen-bond donors (Lipinski definition) is 0. The minimum absolute atomic E-state index is 0.607. The molecule has 0 heterocycles. The average molecular weight is 180 g/mol. The Hall–Kier alpha value is 0.567. The fraction of sp³-hybridized carbons (Fsp3) is 1.00. The summed E-state index contributed by atoms with van der Waals surface area (Å²) in [5.74, 6) is 0. The minimum Gasteiger partial charge on any atom is -0.376 e. The van der Waals surface area contributed by atoms with Crippen LogP contribution >= 0.6 is 8.38 Å².